The van der Waals surface area contributed by atoms with Crippen LogP contribution in [-0.2, 0) is 11.2 Å². The van der Waals surface area contributed by atoms with Gasteiger partial charge in [0.15, 0.2) is 0 Å². The molecule has 0 aliphatic carbocycles. The van der Waals surface area contributed by atoms with Crippen molar-refractivity contribution in [2.75, 3.05) is 13.2 Å². The highest BCUT2D eigenvalue weighted by atomic mass is 16.6. The lowest BCUT2D eigenvalue weighted by atomic mass is 10.1. The van der Waals surface area contributed by atoms with Gasteiger partial charge in [0.2, 0.25) is 0 Å². The van der Waals surface area contributed by atoms with Crippen molar-refractivity contribution in [2.24, 2.45) is 0 Å². The van der Waals surface area contributed by atoms with Crippen molar-refractivity contribution >= 4 is 6.09 Å². The van der Waals surface area contributed by atoms with Crippen LogP contribution in [0.1, 0.15) is 32.8 Å². The van der Waals surface area contributed by atoms with E-state index in [9.17, 15) is 4.79 Å². The minimum atomic E-state index is -0.464. The van der Waals surface area contributed by atoms with Crippen LogP contribution in [0.2, 0.25) is 0 Å². The normalized spacial score (nSPS) is 10.8. The molecule has 4 nitrogen and oxygen atoms in total. The molecular weight excluding hydrogens is 266 g/mol. The molecule has 1 aromatic carbocycles. The van der Waals surface area contributed by atoms with Gasteiger partial charge in [0, 0.05) is 6.54 Å². The van der Waals surface area contributed by atoms with E-state index in [0.29, 0.717) is 13.2 Å². The summed E-state index contributed by atoms with van der Waals surface area (Å²) in [5, 5.41) is 2.74. The fourth-order valence-corrected chi connectivity index (χ4v) is 1.64. The molecule has 1 aromatic rings. The maximum atomic E-state index is 11.5. The number of amides is 1. The lowest BCUT2D eigenvalue weighted by Gasteiger charge is -2.19. The first-order chi connectivity index (χ1) is 9.90. The van der Waals surface area contributed by atoms with Gasteiger partial charge in [-0.25, -0.2) is 4.79 Å². The van der Waals surface area contributed by atoms with E-state index < -0.39 is 5.60 Å². The maximum absolute atomic E-state index is 11.5. The van der Waals surface area contributed by atoms with E-state index in [1.54, 1.807) is 0 Å². The van der Waals surface area contributed by atoms with Crippen molar-refractivity contribution < 1.29 is 14.3 Å². The lowest BCUT2D eigenvalue weighted by molar-refractivity contribution is 0.0528. The highest BCUT2D eigenvalue weighted by molar-refractivity contribution is 5.67. The molecular formula is C17H25NO3. The minimum Gasteiger partial charge on any atom is -0.493 e. The van der Waals surface area contributed by atoms with Gasteiger partial charge in [-0.2, -0.15) is 0 Å². The molecule has 0 atom stereocenters. The number of nitrogens with one attached hydrogen (secondary N) is 1. The molecule has 0 aliphatic heterocycles. The van der Waals surface area contributed by atoms with Gasteiger partial charge >= 0.3 is 6.09 Å². The third kappa shape index (κ3) is 8.02. The molecule has 1 N–H and O–H groups in total. The van der Waals surface area contributed by atoms with Crippen LogP contribution in [0.4, 0.5) is 4.79 Å². The van der Waals surface area contributed by atoms with Gasteiger partial charge in [-0.15, -0.1) is 6.58 Å². The van der Waals surface area contributed by atoms with E-state index in [0.717, 1.165) is 24.2 Å². The second-order valence-electron chi connectivity index (χ2n) is 5.75. The standard InChI is InChI=1S/C17H25NO3/c1-5-6-13-20-15-9-7-14(8-10-15)11-12-18-16(19)21-17(2,3)4/h5,7-10H,1,6,11-13H2,2-4H3,(H,18,19). The van der Waals surface area contributed by atoms with E-state index >= 15 is 0 Å². The summed E-state index contributed by atoms with van der Waals surface area (Å²) < 4.78 is 10.7. The van der Waals surface area contributed by atoms with Crippen molar-refractivity contribution in [3.63, 3.8) is 0 Å². The van der Waals surface area contributed by atoms with E-state index in [4.69, 9.17) is 9.47 Å². The summed E-state index contributed by atoms with van der Waals surface area (Å²) in [4.78, 5) is 11.5. The van der Waals surface area contributed by atoms with Crippen LogP contribution in [0.3, 0.4) is 0 Å². The Labute approximate surface area is 127 Å². The molecule has 0 spiro atoms. The molecule has 0 unspecified atom stereocenters. The molecule has 0 heterocycles. The van der Waals surface area contributed by atoms with Crippen LogP contribution in [0.5, 0.6) is 5.75 Å². The number of hydrogen-bond donors (Lipinski definition) is 1. The Morgan fingerprint density at radius 2 is 1.95 bits per heavy atom. The SMILES string of the molecule is C=CCCOc1ccc(CCNC(=O)OC(C)(C)C)cc1. The van der Waals surface area contributed by atoms with E-state index in [2.05, 4.69) is 11.9 Å². The minimum absolute atomic E-state index is 0.383. The number of ether oxygens (including phenoxy) is 2. The van der Waals surface area contributed by atoms with Crippen molar-refractivity contribution in [3.05, 3.63) is 42.5 Å². The summed E-state index contributed by atoms with van der Waals surface area (Å²) >= 11 is 0. The molecule has 1 rings (SSSR count). The lowest BCUT2D eigenvalue weighted by Crippen LogP contribution is -2.33. The van der Waals surface area contributed by atoms with Gasteiger partial charge in [-0.3, -0.25) is 0 Å². The van der Waals surface area contributed by atoms with Crippen LogP contribution in [0, 0.1) is 0 Å². The average molecular weight is 291 g/mol. The summed E-state index contributed by atoms with van der Waals surface area (Å²) in [5.74, 6) is 0.848. The predicted octanol–water partition coefficient (Wildman–Crippen LogP) is 3.71. The molecule has 0 aromatic heterocycles. The summed E-state index contributed by atoms with van der Waals surface area (Å²) in [6.07, 6.45) is 3.04. The maximum Gasteiger partial charge on any atom is 0.407 e. The Hall–Kier alpha value is -1.97. The van der Waals surface area contributed by atoms with E-state index in [1.807, 2.05) is 51.1 Å². The second kappa shape index (κ2) is 8.35. The molecule has 116 valence electrons. The highest BCUT2D eigenvalue weighted by Gasteiger charge is 2.15. The third-order valence-electron chi connectivity index (χ3n) is 2.60. The monoisotopic (exact) mass is 291 g/mol. The molecule has 21 heavy (non-hydrogen) atoms. The quantitative estimate of drug-likeness (QED) is 0.615. The summed E-state index contributed by atoms with van der Waals surface area (Å²) in [7, 11) is 0. The number of alkyl carbamates (subject to hydrolysis) is 1. The van der Waals surface area contributed by atoms with Crippen molar-refractivity contribution in [2.45, 2.75) is 39.2 Å². The smallest absolute Gasteiger partial charge is 0.407 e. The molecule has 0 saturated heterocycles. The zero-order chi connectivity index (χ0) is 15.7. The van der Waals surface area contributed by atoms with Crippen LogP contribution >= 0.6 is 0 Å². The predicted molar refractivity (Wildman–Crippen MR) is 84.7 cm³/mol. The van der Waals surface area contributed by atoms with Gasteiger partial charge < -0.3 is 14.8 Å². The topological polar surface area (TPSA) is 47.6 Å². The van der Waals surface area contributed by atoms with Crippen LogP contribution < -0.4 is 10.1 Å². The van der Waals surface area contributed by atoms with Crippen molar-refractivity contribution in [1.29, 1.82) is 0 Å². The van der Waals surface area contributed by atoms with Gasteiger partial charge in [-0.05, 0) is 51.3 Å². The first-order valence-electron chi connectivity index (χ1n) is 7.20. The van der Waals surface area contributed by atoms with E-state index in [1.165, 1.54) is 0 Å². The largest absolute Gasteiger partial charge is 0.493 e. The number of rotatable bonds is 7. The van der Waals surface area contributed by atoms with Gasteiger partial charge in [0.1, 0.15) is 11.4 Å². The molecule has 0 aliphatic rings. The molecule has 0 fully saturated rings. The zero-order valence-corrected chi connectivity index (χ0v) is 13.1. The number of benzene rings is 1. The molecule has 0 saturated carbocycles. The number of carbonyl (C=O) groups excluding carboxylic acids is 1. The summed E-state index contributed by atoms with van der Waals surface area (Å²) in [5.41, 5.74) is 0.677. The Kier molecular flexibility index (Phi) is 6.79. The van der Waals surface area contributed by atoms with Gasteiger partial charge in [0.05, 0.1) is 6.61 Å². The van der Waals surface area contributed by atoms with Crippen molar-refractivity contribution in [3.8, 4) is 5.75 Å². The van der Waals surface area contributed by atoms with Crippen LogP contribution in [0.25, 0.3) is 0 Å². The third-order valence-corrected chi connectivity index (χ3v) is 2.60. The zero-order valence-electron chi connectivity index (χ0n) is 13.1. The highest BCUT2D eigenvalue weighted by Crippen LogP contribution is 2.13. The summed E-state index contributed by atoms with van der Waals surface area (Å²) in [6, 6.07) is 7.87. The van der Waals surface area contributed by atoms with Crippen LogP contribution in [0.15, 0.2) is 36.9 Å². The first kappa shape index (κ1) is 17.1. The van der Waals surface area contributed by atoms with E-state index in [-0.39, 0.29) is 6.09 Å². The fraction of sp³-hybridized carbons (Fsp3) is 0.471. The Bertz CT molecular complexity index is 446. The Morgan fingerprint density at radius 3 is 2.52 bits per heavy atom. The second-order valence-corrected chi connectivity index (χ2v) is 5.75. The first-order valence-corrected chi connectivity index (χ1v) is 7.20. The molecule has 0 radical (unpaired) electrons. The molecule has 1 amide bonds. The molecule has 0 bridgehead atoms. The molecule has 4 heteroatoms. The number of carbonyl (C=O) groups is 1. The van der Waals surface area contributed by atoms with Crippen LogP contribution in [-0.4, -0.2) is 24.8 Å². The number of hydrogen-bond acceptors (Lipinski definition) is 3. The Balaban J connectivity index is 2.29. The van der Waals surface area contributed by atoms with Gasteiger partial charge in [0.25, 0.3) is 0 Å². The average Bonchev–Trinajstić information content (AvgIpc) is 2.39. The van der Waals surface area contributed by atoms with Gasteiger partial charge in [-0.1, -0.05) is 18.2 Å². The fourth-order valence-electron chi connectivity index (χ4n) is 1.64. The van der Waals surface area contributed by atoms with Crippen molar-refractivity contribution in [1.82, 2.24) is 5.32 Å². The summed E-state index contributed by atoms with van der Waals surface area (Å²) in [6.45, 7) is 10.4. The Morgan fingerprint density at radius 1 is 1.29 bits per heavy atom.